The zero-order valence-corrected chi connectivity index (χ0v) is 25.1. The van der Waals surface area contributed by atoms with Gasteiger partial charge < -0.3 is 9.64 Å². The van der Waals surface area contributed by atoms with E-state index in [1.807, 2.05) is 70.1 Å². The predicted octanol–water partition coefficient (Wildman–Crippen LogP) is 9.34. The zero-order valence-electron chi connectivity index (χ0n) is 24.0. The maximum absolute atomic E-state index is 5.96. The van der Waals surface area contributed by atoms with Crippen molar-refractivity contribution in [3.63, 3.8) is 0 Å². The Bertz CT molecular complexity index is 1060. The van der Waals surface area contributed by atoms with Crippen molar-refractivity contribution in [3.05, 3.63) is 133 Å². The second kappa shape index (κ2) is 19.0. The lowest BCUT2D eigenvalue weighted by molar-refractivity contribution is 0.210. The van der Waals surface area contributed by atoms with Crippen LogP contribution < -0.4 is 0 Å². The minimum Gasteiger partial charge on any atom is -0.489 e. The Kier molecular flexibility index (Phi) is 16.4. The molecule has 1 fully saturated rings. The van der Waals surface area contributed by atoms with Gasteiger partial charge in [0.05, 0.1) is 0 Å². The molecular weight excluding hydrogens is 483 g/mol. The van der Waals surface area contributed by atoms with Gasteiger partial charge in [-0.2, -0.15) is 0 Å². The van der Waals surface area contributed by atoms with Crippen molar-refractivity contribution < 1.29 is 4.74 Å². The molecule has 2 rings (SSSR count). The fourth-order valence-electron chi connectivity index (χ4n) is 4.21. The van der Waals surface area contributed by atoms with Crippen LogP contribution in [0.2, 0.25) is 0 Å². The van der Waals surface area contributed by atoms with Crippen molar-refractivity contribution in [3.8, 4) is 0 Å². The van der Waals surface area contributed by atoms with Crippen LogP contribution >= 0.6 is 9.24 Å². The number of hydrogen-bond donors (Lipinski definition) is 0. The molecule has 0 saturated heterocycles. The maximum atomic E-state index is 5.96. The Morgan fingerprint density at radius 2 is 1.63 bits per heavy atom. The van der Waals surface area contributed by atoms with E-state index >= 15 is 0 Å². The first-order valence-electron chi connectivity index (χ1n) is 13.3. The van der Waals surface area contributed by atoms with E-state index in [-0.39, 0.29) is 0 Å². The van der Waals surface area contributed by atoms with Crippen LogP contribution in [0, 0.1) is 5.92 Å². The second-order valence-corrected chi connectivity index (χ2v) is 8.90. The molecule has 1 saturated carbocycles. The van der Waals surface area contributed by atoms with Crippen LogP contribution in [0.15, 0.2) is 132 Å². The normalized spacial score (nSPS) is 14.4. The van der Waals surface area contributed by atoms with Gasteiger partial charge in [0.25, 0.3) is 0 Å². The van der Waals surface area contributed by atoms with Gasteiger partial charge >= 0.3 is 0 Å². The Morgan fingerprint density at radius 1 is 1.00 bits per heavy atom. The molecule has 3 nitrogen and oxygen atoms in total. The molecule has 204 valence electrons. The SMILES string of the molecule is C=CC(C=C)=C(/N=C\C(=C)C(/C=C\C(=C/C)OCc1ccccc1)=C/C)N(C)C(=C)C1CCCCC1.CP. The summed E-state index contributed by atoms with van der Waals surface area (Å²) in [6, 6.07) is 10.1. The second-order valence-electron chi connectivity index (χ2n) is 8.90. The lowest BCUT2D eigenvalue weighted by atomic mass is 9.87. The maximum Gasteiger partial charge on any atom is 0.139 e. The first kappa shape index (κ1) is 32.9. The number of ether oxygens (including phenoxy) is 1. The molecule has 1 aromatic rings. The third-order valence-corrected chi connectivity index (χ3v) is 6.51. The molecule has 1 aliphatic rings. The number of benzene rings is 1. The quantitative estimate of drug-likeness (QED) is 0.110. The Hall–Kier alpha value is -3.16. The smallest absolute Gasteiger partial charge is 0.139 e. The fraction of sp³-hybridized carbons (Fsp3) is 0.324. The molecule has 0 amide bonds. The molecule has 0 aliphatic heterocycles. The van der Waals surface area contributed by atoms with Gasteiger partial charge in [-0.3, -0.25) is 0 Å². The highest BCUT2D eigenvalue weighted by Gasteiger charge is 2.21. The van der Waals surface area contributed by atoms with Gasteiger partial charge in [-0.05, 0) is 61.5 Å². The first-order valence-corrected chi connectivity index (χ1v) is 14.5. The van der Waals surface area contributed by atoms with E-state index in [9.17, 15) is 0 Å². The first-order chi connectivity index (χ1) is 18.4. The van der Waals surface area contributed by atoms with Gasteiger partial charge in [0, 0.05) is 24.5 Å². The van der Waals surface area contributed by atoms with Crippen LogP contribution in [0.5, 0.6) is 0 Å². The molecule has 0 bridgehead atoms. The molecule has 1 aromatic carbocycles. The van der Waals surface area contributed by atoms with Crippen molar-refractivity contribution in [2.75, 3.05) is 13.7 Å². The summed E-state index contributed by atoms with van der Waals surface area (Å²) in [5.41, 5.74) is 4.85. The fourth-order valence-corrected chi connectivity index (χ4v) is 4.21. The standard InChI is InChI=1S/C33H42N2O.CH5P/c1-8-29(9-2)33(35(7)27(6)31-20-16-13-17-21-31)34-24-26(5)30(10-3)22-23-32(11-4)36-25-28-18-14-12-15-19-28;1-2/h8-12,14-15,18-19,22-24,31H,1-2,5-6,13,16-17,20-21,25H2,3-4,7H3;2H2,1H3/b23-22-,30-10+,32-11+,34-24-;. The van der Waals surface area contributed by atoms with Crippen LogP contribution in [0.1, 0.15) is 51.5 Å². The van der Waals surface area contributed by atoms with Crippen LogP contribution in [0.3, 0.4) is 0 Å². The van der Waals surface area contributed by atoms with Crippen molar-refractivity contribution in [2.24, 2.45) is 10.9 Å². The highest BCUT2D eigenvalue weighted by Crippen LogP contribution is 2.32. The summed E-state index contributed by atoms with van der Waals surface area (Å²) in [5.74, 6) is 2.06. The Morgan fingerprint density at radius 3 is 2.18 bits per heavy atom. The monoisotopic (exact) mass is 530 g/mol. The van der Waals surface area contributed by atoms with Crippen LogP contribution in [0.25, 0.3) is 0 Å². The topological polar surface area (TPSA) is 24.8 Å². The average Bonchev–Trinajstić information content (AvgIpc) is 2.98. The van der Waals surface area contributed by atoms with Gasteiger partial charge in [0.15, 0.2) is 0 Å². The van der Waals surface area contributed by atoms with Gasteiger partial charge in [0.2, 0.25) is 0 Å². The summed E-state index contributed by atoms with van der Waals surface area (Å²) < 4.78 is 5.96. The van der Waals surface area contributed by atoms with Crippen LogP contribution in [-0.2, 0) is 11.3 Å². The predicted molar refractivity (Wildman–Crippen MR) is 172 cm³/mol. The molecule has 0 spiro atoms. The lowest BCUT2D eigenvalue weighted by Crippen LogP contribution is -2.24. The molecule has 1 aliphatic carbocycles. The lowest BCUT2D eigenvalue weighted by Gasteiger charge is -2.31. The zero-order chi connectivity index (χ0) is 28.3. The molecule has 38 heavy (non-hydrogen) atoms. The summed E-state index contributed by atoms with van der Waals surface area (Å²) in [6.07, 6.45) is 19.5. The van der Waals surface area contributed by atoms with Crippen LogP contribution in [0.4, 0.5) is 0 Å². The highest BCUT2D eigenvalue weighted by atomic mass is 31.0. The van der Waals surface area contributed by atoms with E-state index < -0.39 is 0 Å². The van der Waals surface area contributed by atoms with Crippen molar-refractivity contribution in [2.45, 2.75) is 52.6 Å². The number of allylic oxidation sites excluding steroid dienone is 10. The van der Waals surface area contributed by atoms with Crippen molar-refractivity contribution in [1.82, 2.24) is 4.90 Å². The van der Waals surface area contributed by atoms with Gasteiger partial charge in [0.1, 0.15) is 18.2 Å². The van der Waals surface area contributed by atoms with E-state index in [0.717, 1.165) is 39.6 Å². The van der Waals surface area contributed by atoms with E-state index in [1.165, 1.54) is 32.1 Å². The summed E-state index contributed by atoms with van der Waals surface area (Å²) in [4.78, 5) is 6.91. The summed E-state index contributed by atoms with van der Waals surface area (Å²) in [5, 5.41) is 0. The number of hydrogen-bond acceptors (Lipinski definition) is 3. The van der Waals surface area contributed by atoms with Gasteiger partial charge in [-0.1, -0.05) is 107 Å². The van der Waals surface area contributed by atoms with E-state index in [0.29, 0.717) is 12.5 Å². The Balaban J connectivity index is 0.00000352. The molecule has 0 radical (unpaired) electrons. The minimum absolute atomic E-state index is 0.484. The number of rotatable bonds is 13. The third kappa shape index (κ3) is 10.7. The molecule has 0 aromatic heterocycles. The van der Waals surface area contributed by atoms with E-state index in [2.05, 4.69) is 52.6 Å². The number of nitrogens with zero attached hydrogens (tertiary/aromatic N) is 2. The van der Waals surface area contributed by atoms with Crippen molar-refractivity contribution in [1.29, 1.82) is 0 Å². The van der Waals surface area contributed by atoms with E-state index in [1.54, 1.807) is 18.4 Å². The van der Waals surface area contributed by atoms with E-state index in [4.69, 9.17) is 9.73 Å². The molecule has 1 atom stereocenters. The summed E-state index contributed by atoms with van der Waals surface area (Å²) in [6.45, 7) is 23.0. The molecule has 0 heterocycles. The highest BCUT2D eigenvalue weighted by molar-refractivity contribution is 7.15. The molecular formula is C34H47N2OP. The van der Waals surface area contributed by atoms with Crippen molar-refractivity contribution >= 4 is 15.5 Å². The molecule has 0 N–H and O–H groups in total. The molecule has 4 heteroatoms. The van der Waals surface area contributed by atoms with Gasteiger partial charge in [-0.25, -0.2) is 4.99 Å². The largest absolute Gasteiger partial charge is 0.489 e. The average molecular weight is 531 g/mol. The Labute approximate surface area is 234 Å². The molecule has 1 unspecified atom stereocenters. The summed E-state index contributed by atoms with van der Waals surface area (Å²) >= 11 is 0. The number of aliphatic imine (C=N–C) groups is 1. The summed E-state index contributed by atoms with van der Waals surface area (Å²) in [7, 11) is 4.44. The van der Waals surface area contributed by atoms with Gasteiger partial charge in [-0.15, -0.1) is 9.24 Å². The van der Waals surface area contributed by atoms with Crippen LogP contribution in [-0.4, -0.2) is 24.8 Å². The minimum atomic E-state index is 0.484. The third-order valence-electron chi connectivity index (χ3n) is 6.51.